The lowest BCUT2D eigenvalue weighted by Crippen LogP contribution is -2.30. The van der Waals surface area contributed by atoms with Crippen molar-refractivity contribution >= 4 is 10.9 Å². The summed E-state index contributed by atoms with van der Waals surface area (Å²) in [7, 11) is 0. The molecule has 0 aliphatic heterocycles. The van der Waals surface area contributed by atoms with Gasteiger partial charge >= 0.3 is 0 Å². The number of hydrogen-bond donors (Lipinski definition) is 1. The van der Waals surface area contributed by atoms with E-state index in [1.54, 1.807) is 18.2 Å². The Hall–Kier alpha value is -2.82. The SMILES string of the molecule is CCCOc1ccccc1-c1nc2ccccc2c(=O)n1N. The summed E-state index contributed by atoms with van der Waals surface area (Å²) < 4.78 is 6.82. The van der Waals surface area contributed by atoms with Gasteiger partial charge in [-0.25, -0.2) is 9.66 Å². The Morgan fingerprint density at radius 1 is 1.14 bits per heavy atom. The van der Waals surface area contributed by atoms with Gasteiger partial charge in [0.1, 0.15) is 5.75 Å². The Morgan fingerprint density at radius 3 is 2.68 bits per heavy atom. The summed E-state index contributed by atoms with van der Waals surface area (Å²) in [5.41, 5.74) is 1.06. The summed E-state index contributed by atoms with van der Waals surface area (Å²) >= 11 is 0. The molecule has 0 unspecified atom stereocenters. The van der Waals surface area contributed by atoms with E-state index in [0.717, 1.165) is 11.1 Å². The van der Waals surface area contributed by atoms with E-state index in [4.69, 9.17) is 10.6 Å². The number of ether oxygens (including phenoxy) is 1. The molecule has 0 fully saturated rings. The highest BCUT2D eigenvalue weighted by Crippen LogP contribution is 2.28. The predicted molar refractivity (Wildman–Crippen MR) is 87.4 cm³/mol. The monoisotopic (exact) mass is 295 g/mol. The molecule has 0 amide bonds. The number of fused-ring (bicyclic) bond motifs is 1. The van der Waals surface area contributed by atoms with Crippen molar-refractivity contribution in [2.24, 2.45) is 0 Å². The Kier molecular flexibility index (Phi) is 3.78. The van der Waals surface area contributed by atoms with Gasteiger partial charge in [-0.05, 0) is 30.7 Å². The van der Waals surface area contributed by atoms with E-state index in [1.165, 1.54) is 0 Å². The first-order chi connectivity index (χ1) is 10.7. The molecule has 0 saturated carbocycles. The maximum Gasteiger partial charge on any atom is 0.280 e. The Balaban J connectivity index is 2.23. The van der Waals surface area contributed by atoms with E-state index in [-0.39, 0.29) is 5.56 Å². The Bertz CT molecular complexity index is 871. The van der Waals surface area contributed by atoms with E-state index >= 15 is 0 Å². The van der Waals surface area contributed by atoms with Crippen LogP contribution in [-0.2, 0) is 0 Å². The van der Waals surface area contributed by atoms with Gasteiger partial charge in [0, 0.05) is 0 Å². The summed E-state index contributed by atoms with van der Waals surface area (Å²) in [6.07, 6.45) is 0.898. The molecule has 2 aromatic carbocycles. The molecule has 22 heavy (non-hydrogen) atoms. The van der Waals surface area contributed by atoms with E-state index < -0.39 is 0 Å². The summed E-state index contributed by atoms with van der Waals surface area (Å²) in [5, 5.41) is 0.501. The Labute approximate surface area is 127 Å². The molecule has 112 valence electrons. The molecule has 0 saturated heterocycles. The van der Waals surface area contributed by atoms with Gasteiger partial charge in [0.2, 0.25) is 0 Å². The minimum absolute atomic E-state index is 0.272. The third kappa shape index (κ3) is 2.41. The van der Waals surface area contributed by atoms with E-state index in [2.05, 4.69) is 4.98 Å². The summed E-state index contributed by atoms with van der Waals surface area (Å²) in [6, 6.07) is 14.6. The lowest BCUT2D eigenvalue weighted by Gasteiger charge is -2.13. The molecular weight excluding hydrogens is 278 g/mol. The van der Waals surface area contributed by atoms with Crippen molar-refractivity contribution < 1.29 is 4.74 Å². The number of nitrogens with two attached hydrogens (primary N) is 1. The molecule has 0 aliphatic rings. The molecule has 3 aromatic rings. The number of nitrogens with zero attached hydrogens (tertiary/aromatic N) is 2. The van der Waals surface area contributed by atoms with Gasteiger partial charge in [-0.1, -0.05) is 31.2 Å². The third-order valence-corrected chi connectivity index (χ3v) is 3.40. The molecule has 1 heterocycles. The molecule has 0 spiro atoms. The molecule has 0 atom stereocenters. The fourth-order valence-corrected chi connectivity index (χ4v) is 2.33. The first kappa shape index (κ1) is 14.1. The van der Waals surface area contributed by atoms with Gasteiger partial charge in [0.25, 0.3) is 5.56 Å². The molecule has 0 bridgehead atoms. The first-order valence-corrected chi connectivity index (χ1v) is 7.21. The number of hydrogen-bond acceptors (Lipinski definition) is 4. The molecule has 5 heteroatoms. The van der Waals surface area contributed by atoms with Gasteiger partial charge in [-0.2, -0.15) is 0 Å². The normalized spacial score (nSPS) is 10.8. The van der Waals surface area contributed by atoms with Crippen LogP contribution in [-0.4, -0.2) is 16.3 Å². The maximum atomic E-state index is 12.4. The number of para-hydroxylation sites is 2. The second-order valence-electron chi connectivity index (χ2n) is 4.97. The minimum atomic E-state index is -0.272. The number of benzene rings is 2. The highest BCUT2D eigenvalue weighted by Gasteiger charge is 2.14. The van der Waals surface area contributed by atoms with E-state index in [9.17, 15) is 4.79 Å². The van der Waals surface area contributed by atoms with Crippen LogP contribution < -0.4 is 16.1 Å². The first-order valence-electron chi connectivity index (χ1n) is 7.21. The van der Waals surface area contributed by atoms with E-state index in [0.29, 0.717) is 34.6 Å². The zero-order chi connectivity index (χ0) is 15.5. The summed E-state index contributed by atoms with van der Waals surface area (Å²) in [5.74, 6) is 7.03. The van der Waals surface area contributed by atoms with Crippen LogP contribution in [0.25, 0.3) is 22.3 Å². The van der Waals surface area contributed by atoms with E-state index in [1.807, 2.05) is 37.3 Å². The van der Waals surface area contributed by atoms with Gasteiger partial charge in [-0.15, -0.1) is 0 Å². The average molecular weight is 295 g/mol. The zero-order valence-corrected chi connectivity index (χ0v) is 12.3. The quantitative estimate of drug-likeness (QED) is 0.751. The molecule has 0 radical (unpaired) electrons. The number of nitrogen functional groups attached to an aromatic ring is 1. The fraction of sp³-hybridized carbons (Fsp3) is 0.176. The zero-order valence-electron chi connectivity index (χ0n) is 12.3. The van der Waals surface area contributed by atoms with Gasteiger partial charge in [0.05, 0.1) is 23.1 Å². The lowest BCUT2D eigenvalue weighted by molar-refractivity contribution is 0.318. The minimum Gasteiger partial charge on any atom is -0.493 e. The summed E-state index contributed by atoms with van der Waals surface area (Å²) in [4.78, 5) is 16.9. The van der Waals surface area contributed by atoms with Gasteiger partial charge in [0.15, 0.2) is 5.82 Å². The smallest absolute Gasteiger partial charge is 0.280 e. The predicted octanol–water partition coefficient (Wildman–Crippen LogP) is 2.57. The Morgan fingerprint density at radius 2 is 1.86 bits per heavy atom. The van der Waals surface area contributed by atoms with Crippen LogP contribution in [0.2, 0.25) is 0 Å². The van der Waals surface area contributed by atoms with Crippen molar-refractivity contribution in [2.45, 2.75) is 13.3 Å². The highest BCUT2D eigenvalue weighted by molar-refractivity contribution is 5.80. The summed E-state index contributed by atoms with van der Waals surface area (Å²) in [6.45, 7) is 2.63. The molecule has 5 nitrogen and oxygen atoms in total. The standard InChI is InChI=1S/C17H17N3O2/c1-2-11-22-15-10-6-4-8-13(15)16-19-14-9-5-3-7-12(14)17(21)20(16)18/h3-10H,2,11,18H2,1H3. The number of rotatable bonds is 4. The van der Waals surface area contributed by atoms with Gasteiger partial charge < -0.3 is 10.6 Å². The molecule has 3 rings (SSSR count). The van der Waals surface area contributed by atoms with Crippen molar-refractivity contribution in [2.75, 3.05) is 12.4 Å². The van der Waals surface area contributed by atoms with Crippen LogP contribution in [0.4, 0.5) is 0 Å². The van der Waals surface area contributed by atoms with Crippen LogP contribution in [0.3, 0.4) is 0 Å². The topological polar surface area (TPSA) is 70.1 Å². The molecular formula is C17H17N3O2. The van der Waals surface area contributed by atoms with Crippen LogP contribution in [0, 0.1) is 0 Å². The number of aromatic nitrogens is 2. The van der Waals surface area contributed by atoms with Crippen molar-refractivity contribution in [3.8, 4) is 17.1 Å². The second-order valence-corrected chi connectivity index (χ2v) is 4.97. The molecule has 1 aromatic heterocycles. The molecule has 2 N–H and O–H groups in total. The van der Waals surface area contributed by atoms with Crippen LogP contribution in [0.1, 0.15) is 13.3 Å². The largest absolute Gasteiger partial charge is 0.493 e. The third-order valence-electron chi connectivity index (χ3n) is 3.40. The average Bonchev–Trinajstić information content (AvgIpc) is 2.56. The maximum absolute atomic E-state index is 12.4. The van der Waals surface area contributed by atoms with Crippen LogP contribution in [0.5, 0.6) is 5.75 Å². The van der Waals surface area contributed by atoms with Gasteiger partial charge in [-0.3, -0.25) is 4.79 Å². The highest BCUT2D eigenvalue weighted by atomic mass is 16.5. The molecule has 0 aliphatic carbocycles. The fourth-order valence-electron chi connectivity index (χ4n) is 2.33. The second kappa shape index (κ2) is 5.89. The van der Waals surface area contributed by atoms with Crippen LogP contribution in [0.15, 0.2) is 53.3 Å². The lowest BCUT2D eigenvalue weighted by atomic mass is 10.1. The van der Waals surface area contributed by atoms with Crippen molar-refractivity contribution in [1.82, 2.24) is 9.66 Å². The van der Waals surface area contributed by atoms with Crippen molar-refractivity contribution in [3.63, 3.8) is 0 Å². The van der Waals surface area contributed by atoms with Crippen LogP contribution >= 0.6 is 0 Å². The van der Waals surface area contributed by atoms with Crippen molar-refractivity contribution in [3.05, 3.63) is 58.9 Å². The van der Waals surface area contributed by atoms with Crippen molar-refractivity contribution in [1.29, 1.82) is 0 Å².